The van der Waals surface area contributed by atoms with Crippen molar-refractivity contribution in [2.24, 2.45) is 5.41 Å². The normalized spacial score (nSPS) is 11.2. The molecule has 106 valence electrons. The molecule has 1 amide bonds. The average molecular weight is 285 g/mol. The number of thioether (sulfide) groups is 1. The van der Waals surface area contributed by atoms with Gasteiger partial charge in [-0.3, -0.25) is 5.32 Å². The Bertz CT molecular complexity index is 421. The Balaban J connectivity index is 2.51. The number of nitrogens with one attached hydrogen (secondary N) is 1. The topological polar surface area (TPSA) is 78.8 Å². The van der Waals surface area contributed by atoms with Crippen molar-refractivity contribution in [2.75, 3.05) is 31.4 Å². The predicted octanol–water partition coefficient (Wildman–Crippen LogP) is 1.95. The van der Waals surface area contributed by atoms with Crippen LogP contribution in [0, 0.1) is 5.41 Å². The van der Waals surface area contributed by atoms with E-state index in [0.29, 0.717) is 5.69 Å². The van der Waals surface area contributed by atoms with Crippen LogP contribution >= 0.6 is 11.8 Å². The lowest BCUT2D eigenvalue weighted by Crippen LogP contribution is -2.33. The Morgan fingerprint density at radius 1 is 1.42 bits per heavy atom. The maximum Gasteiger partial charge on any atom is 0.411 e. The van der Waals surface area contributed by atoms with Crippen molar-refractivity contribution in [1.29, 1.82) is 0 Å². The molecule has 1 aromatic rings. The van der Waals surface area contributed by atoms with Gasteiger partial charge in [0.25, 0.3) is 0 Å². The van der Waals surface area contributed by atoms with Crippen LogP contribution in [0.15, 0.2) is 29.2 Å². The molecule has 0 fully saturated rings. The first-order valence-corrected chi connectivity index (χ1v) is 7.05. The minimum Gasteiger partial charge on any atom is -0.449 e. The van der Waals surface area contributed by atoms with Gasteiger partial charge in [-0.05, 0) is 24.5 Å². The van der Waals surface area contributed by atoms with Crippen LogP contribution < -0.4 is 5.32 Å². The first-order valence-electron chi connectivity index (χ1n) is 5.82. The quantitative estimate of drug-likeness (QED) is 0.696. The molecule has 19 heavy (non-hydrogen) atoms. The SMILES string of the molecule is CSc1cccc(NC(=O)OCC(C)(CO)CO)c1. The van der Waals surface area contributed by atoms with E-state index in [4.69, 9.17) is 14.9 Å². The standard InChI is InChI=1S/C13H19NO4S/c1-13(7-15,8-16)9-18-12(17)14-10-4-3-5-11(6-10)19-2/h3-6,15-16H,7-9H2,1-2H3,(H,14,17). The van der Waals surface area contributed by atoms with Gasteiger partial charge in [-0.1, -0.05) is 13.0 Å². The molecule has 0 atom stereocenters. The van der Waals surface area contributed by atoms with Crippen LogP contribution in [0.25, 0.3) is 0 Å². The highest BCUT2D eigenvalue weighted by Gasteiger charge is 2.24. The number of aliphatic hydroxyl groups is 2. The third-order valence-corrected chi connectivity index (χ3v) is 3.36. The fourth-order valence-corrected chi connectivity index (χ4v) is 1.70. The van der Waals surface area contributed by atoms with E-state index in [-0.39, 0.29) is 19.8 Å². The summed E-state index contributed by atoms with van der Waals surface area (Å²) in [7, 11) is 0. The van der Waals surface area contributed by atoms with Crippen LogP contribution in [0.5, 0.6) is 0 Å². The zero-order valence-corrected chi connectivity index (χ0v) is 11.9. The van der Waals surface area contributed by atoms with Gasteiger partial charge in [0.2, 0.25) is 0 Å². The van der Waals surface area contributed by atoms with Gasteiger partial charge in [-0.25, -0.2) is 4.79 Å². The Labute approximate surface area is 117 Å². The lowest BCUT2D eigenvalue weighted by Gasteiger charge is -2.23. The number of anilines is 1. The number of hydrogen-bond acceptors (Lipinski definition) is 5. The molecule has 0 aliphatic heterocycles. The highest BCUT2D eigenvalue weighted by Crippen LogP contribution is 2.19. The van der Waals surface area contributed by atoms with Gasteiger partial charge in [-0.15, -0.1) is 11.8 Å². The number of rotatable bonds is 6. The number of aliphatic hydroxyl groups excluding tert-OH is 2. The minimum atomic E-state index is -0.821. The first kappa shape index (κ1) is 15.8. The number of amides is 1. The fraction of sp³-hybridized carbons (Fsp3) is 0.462. The minimum absolute atomic E-state index is 0.0476. The highest BCUT2D eigenvalue weighted by atomic mass is 32.2. The second-order valence-electron chi connectivity index (χ2n) is 4.56. The molecule has 3 N–H and O–H groups in total. The van der Waals surface area contributed by atoms with Crippen molar-refractivity contribution in [3.05, 3.63) is 24.3 Å². The third kappa shape index (κ3) is 5.10. The summed E-state index contributed by atoms with van der Waals surface area (Å²) in [6.45, 7) is 1.08. The molecule has 1 aromatic carbocycles. The molecular formula is C13H19NO4S. The molecule has 0 aliphatic carbocycles. The van der Waals surface area contributed by atoms with Crippen LogP contribution in [0.1, 0.15) is 6.92 Å². The molecule has 0 aliphatic rings. The highest BCUT2D eigenvalue weighted by molar-refractivity contribution is 7.98. The molecular weight excluding hydrogens is 266 g/mol. The zero-order chi connectivity index (χ0) is 14.3. The number of ether oxygens (including phenoxy) is 1. The molecule has 0 heterocycles. The summed E-state index contributed by atoms with van der Waals surface area (Å²) in [5, 5.41) is 20.8. The van der Waals surface area contributed by atoms with Crippen LogP contribution in [0.3, 0.4) is 0 Å². The van der Waals surface area contributed by atoms with E-state index in [9.17, 15) is 4.79 Å². The van der Waals surface area contributed by atoms with E-state index >= 15 is 0 Å². The van der Waals surface area contributed by atoms with E-state index < -0.39 is 11.5 Å². The summed E-state index contributed by atoms with van der Waals surface area (Å²) in [6, 6.07) is 7.38. The van der Waals surface area contributed by atoms with Gasteiger partial charge >= 0.3 is 6.09 Å². The van der Waals surface area contributed by atoms with Crippen molar-refractivity contribution in [3.63, 3.8) is 0 Å². The predicted molar refractivity (Wildman–Crippen MR) is 75.5 cm³/mol. The van der Waals surface area contributed by atoms with Gasteiger partial charge in [0, 0.05) is 16.0 Å². The molecule has 0 bridgehead atoms. The van der Waals surface area contributed by atoms with Crippen molar-refractivity contribution < 1.29 is 19.7 Å². The summed E-state index contributed by atoms with van der Waals surface area (Å²) in [5.41, 5.74) is -0.176. The van der Waals surface area contributed by atoms with Gasteiger partial charge in [0.1, 0.15) is 6.61 Å². The number of hydrogen-bond donors (Lipinski definition) is 3. The van der Waals surface area contributed by atoms with E-state index in [1.165, 1.54) is 0 Å². The van der Waals surface area contributed by atoms with Crippen molar-refractivity contribution >= 4 is 23.5 Å². The maximum absolute atomic E-state index is 11.6. The molecule has 5 nitrogen and oxygen atoms in total. The Kier molecular flexibility index (Phi) is 6.14. The summed E-state index contributed by atoms with van der Waals surface area (Å²) in [6.07, 6.45) is 1.34. The Hall–Kier alpha value is -1.24. The Morgan fingerprint density at radius 2 is 2.11 bits per heavy atom. The largest absolute Gasteiger partial charge is 0.449 e. The lowest BCUT2D eigenvalue weighted by molar-refractivity contribution is 0.0134. The molecule has 6 heteroatoms. The average Bonchev–Trinajstić information content (AvgIpc) is 2.45. The molecule has 0 spiro atoms. The van der Waals surface area contributed by atoms with Crippen molar-refractivity contribution in [3.8, 4) is 0 Å². The molecule has 0 radical (unpaired) electrons. The van der Waals surface area contributed by atoms with Crippen LogP contribution in [-0.4, -0.2) is 42.4 Å². The summed E-state index contributed by atoms with van der Waals surface area (Å²) in [4.78, 5) is 12.6. The van der Waals surface area contributed by atoms with Crippen LogP contribution in [0.4, 0.5) is 10.5 Å². The number of carbonyl (C=O) groups is 1. The van der Waals surface area contributed by atoms with Gasteiger partial charge in [0.05, 0.1) is 13.2 Å². The van der Waals surface area contributed by atoms with Crippen LogP contribution in [0.2, 0.25) is 0 Å². The second-order valence-corrected chi connectivity index (χ2v) is 5.44. The molecule has 1 rings (SSSR count). The summed E-state index contributed by atoms with van der Waals surface area (Å²) in [5.74, 6) is 0. The van der Waals surface area contributed by atoms with Gasteiger partial charge in [0.15, 0.2) is 0 Å². The summed E-state index contributed by atoms with van der Waals surface area (Å²) >= 11 is 1.58. The van der Waals surface area contributed by atoms with E-state index in [0.717, 1.165) is 4.90 Å². The van der Waals surface area contributed by atoms with Crippen LogP contribution in [-0.2, 0) is 4.74 Å². The molecule has 0 aromatic heterocycles. The smallest absolute Gasteiger partial charge is 0.411 e. The third-order valence-electron chi connectivity index (χ3n) is 2.63. The monoisotopic (exact) mass is 285 g/mol. The Morgan fingerprint density at radius 3 is 2.68 bits per heavy atom. The van der Waals surface area contributed by atoms with E-state index in [1.54, 1.807) is 24.8 Å². The summed E-state index contributed by atoms with van der Waals surface area (Å²) < 4.78 is 4.99. The fourth-order valence-electron chi connectivity index (χ4n) is 1.24. The first-order chi connectivity index (χ1) is 9.03. The molecule has 0 unspecified atom stereocenters. The lowest BCUT2D eigenvalue weighted by atomic mass is 9.95. The van der Waals surface area contributed by atoms with Crippen molar-refractivity contribution in [1.82, 2.24) is 0 Å². The number of benzene rings is 1. The second kappa shape index (κ2) is 7.37. The molecule has 0 saturated heterocycles. The van der Waals surface area contributed by atoms with Crippen molar-refractivity contribution in [2.45, 2.75) is 11.8 Å². The van der Waals surface area contributed by atoms with E-state index in [2.05, 4.69) is 5.32 Å². The van der Waals surface area contributed by atoms with Gasteiger partial charge < -0.3 is 14.9 Å². The van der Waals surface area contributed by atoms with E-state index in [1.807, 2.05) is 24.5 Å². The zero-order valence-electron chi connectivity index (χ0n) is 11.0. The molecule has 0 saturated carbocycles. The van der Waals surface area contributed by atoms with Gasteiger partial charge in [-0.2, -0.15) is 0 Å². The number of carbonyl (C=O) groups excluding carboxylic acids is 1. The maximum atomic E-state index is 11.6.